The highest BCUT2D eigenvalue weighted by Crippen LogP contribution is 2.33. The van der Waals surface area contributed by atoms with E-state index in [2.05, 4.69) is 61.0 Å². The summed E-state index contributed by atoms with van der Waals surface area (Å²) in [6, 6.07) is 9.47. The number of anilines is 1. The van der Waals surface area contributed by atoms with Gasteiger partial charge < -0.3 is 19.5 Å². The average molecular weight is 448 g/mol. The topological polar surface area (TPSA) is 52.9 Å². The van der Waals surface area contributed by atoms with Crippen LogP contribution in [-0.4, -0.2) is 52.9 Å². The zero-order chi connectivity index (χ0) is 23.5. The first-order valence-corrected chi connectivity index (χ1v) is 12.1. The first kappa shape index (κ1) is 23.3. The summed E-state index contributed by atoms with van der Waals surface area (Å²) >= 11 is 0. The van der Waals surface area contributed by atoms with Gasteiger partial charge in [-0.05, 0) is 89.9 Å². The number of nitrogens with one attached hydrogen (secondary N) is 1. The van der Waals surface area contributed by atoms with Crippen LogP contribution in [0.4, 0.5) is 5.69 Å². The van der Waals surface area contributed by atoms with Crippen LogP contribution in [0.15, 0.2) is 42.9 Å². The monoisotopic (exact) mass is 447 g/mol. The number of benzene rings is 1. The Balaban J connectivity index is 1.53. The smallest absolute Gasteiger partial charge is 0.251 e. The van der Waals surface area contributed by atoms with E-state index in [0.29, 0.717) is 18.6 Å². The molecule has 0 saturated heterocycles. The number of rotatable bonds is 7. The van der Waals surface area contributed by atoms with Gasteiger partial charge in [-0.3, -0.25) is 4.79 Å². The molecule has 6 heteroatoms. The van der Waals surface area contributed by atoms with Crippen LogP contribution in [0.2, 0.25) is 0 Å². The molecule has 33 heavy (non-hydrogen) atoms. The number of carbonyl (C=O) groups excluding carboxylic acids is 1. The van der Waals surface area contributed by atoms with E-state index in [1.165, 1.54) is 31.4 Å². The summed E-state index contributed by atoms with van der Waals surface area (Å²) in [4.78, 5) is 22.6. The standard InChI is InChI=1S/C27H37N5O/c1-6-32(23-11-9-22(10-12-23)30(4)5)25-17-19(2)16-24(20(25)3)27(33)29-18-21-8-7-14-31-15-13-28-26(21)31/h7-8,13-17,22-23H,6,9-12,18H2,1-5H3,(H,29,33). The molecule has 0 spiro atoms. The number of amides is 1. The molecule has 0 atom stereocenters. The van der Waals surface area contributed by atoms with Gasteiger partial charge in [0.25, 0.3) is 5.91 Å². The molecule has 1 aliphatic carbocycles. The lowest BCUT2D eigenvalue weighted by atomic mass is 9.88. The molecular weight excluding hydrogens is 410 g/mol. The van der Waals surface area contributed by atoms with Crippen LogP contribution >= 0.6 is 0 Å². The van der Waals surface area contributed by atoms with Crippen LogP contribution in [0.3, 0.4) is 0 Å². The minimum Gasteiger partial charge on any atom is -0.369 e. The van der Waals surface area contributed by atoms with Crippen molar-refractivity contribution in [1.29, 1.82) is 0 Å². The van der Waals surface area contributed by atoms with Gasteiger partial charge in [0.05, 0.1) is 0 Å². The number of aryl methyl sites for hydroxylation is 1. The van der Waals surface area contributed by atoms with E-state index < -0.39 is 0 Å². The summed E-state index contributed by atoms with van der Waals surface area (Å²) < 4.78 is 1.97. The van der Waals surface area contributed by atoms with Crippen molar-refractivity contribution in [3.05, 3.63) is 65.1 Å². The molecule has 0 bridgehead atoms. The van der Waals surface area contributed by atoms with Crippen molar-refractivity contribution >= 4 is 17.2 Å². The van der Waals surface area contributed by atoms with E-state index >= 15 is 0 Å². The summed E-state index contributed by atoms with van der Waals surface area (Å²) in [6.07, 6.45) is 10.5. The third kappa shape index (κ3) is 4.91. The first-order chi connectivity index (χ1) is 15.9. The highest BCUT2D eigenvalue weighted by molar-refractivity contribution is 5.97. The van der Waals surface area contributed by atoms with E-state index in [4.69, 9.17) is 0 Å². The number of pyridine rings is 1. The fraction of sp³-hybridized carbons (Fsp3) is 0.481. The molecule has 6 nitrogen and oxygen atoms in total. The van der Waals surface area contributed by atoms with Gasteiger partial charge in [-0.1, -0.05) is 6.07 Å². The number of hydrogen-bond donors (Lipinski definition) is 1. The molecule has 176 valence electrons. The maximum atomic E-state index is 13.3. The van der Waals surface area contributed by atoms with Crippen LogP contribution in [0.1, 0.15) is 59.7 Å². The third-order valence-corrected chi connectivity index (χ3v) is 7.20. The summed E-state index contributed by atoms with van der Waals surface area (Å²) in [6.45, 7) is 7.80. The first-order valence-electron chi connectivity index (χ1n) is 12.1. The molecule has 4 rings (SSSR count). The minimum atomic E-state index is -0.0293. The van der Waals surface area contributed by atoms with Crippen LogP contribution in [0, 0.1) is 13.8 Å². The van der Waals surface area contributed by atoms with Crippen LogP contribution < -0.4 is 10.2 Å². The molecular formula is C27H37N5O. The van der Waals surface area contributed by atoms with Crippen molar-refractivity contribution in [3.8, 4) is 0 Å². The van der Waals surface area contributed by atoms with Crippen molar-refractivity contribution in [2.45, 2.75) is 65.1 Å². The fourth-order valence-corrected chi connectivity index (χ4v) is 5.30. The highest BCUT2D eigenvalue weighted by atomic mass is 16.1. The molecule has 3 aromatic rings. The summed E-state index contributed by atoms with van der Waals surface area (Å²) in [5.74, 6) is -0.0293. The van der Waals surface area contributed by atoms with Crippen molar-refractivity contribution in [3.63, 3.8) is 0 Å². The van der Waals surface area contributed by atoms with Gasteiger partial charge >= 0.3 is 0 Å². The number of carbonyl (C=O) groups is 1. The van der Waals surface area contributed by atoms with E-state index in [1.807, 2.05) is 35.0 Å². The van der Waals surface area contributed by atoms with Crippen molar-refractivity contribution in [2.24, 2.45) is 0 Å². The predicted octanol–water partition coefficient (Wildman–Crippen LogP) is 4.58. The molecule has 1 fully saturated rings. The van der Waals surface area contributed by atoms with Crippen LogP contribution in [0.25, 0.3) is 5.65 Å². The molecule has 0 aliphatic heterocycles. The van der Waals surface area contributed by atoms with Gasteiger partial charge in [0.1, 0.15) is 5.65 Å². The lowest BCUT2D eigenvalue weighted by Gasteiger charge is -2.40. The van der Waals surface area contributed by atoms with Crippen molar-refractivity contribution in [2.75, 3.05) is 25.5 Å². The number of imidazole rings is 1. The highest BCUT2D eigenvalue weighted by Gasteiger charge is 2.28. The summed E-state index contributed by atoms with van der Waals surface area (Å²) in [5, 5.41) is 3.13. The van der Waals surface area contributed by atoms with Gasteiger partial charge in [-0.15, -0.1) is 0 Å². The SMILES string of the molecule is CCN(c1cc(C)cc(C(=O)NCc2cccn3ccnc23)c1C)C1CCC(N(C)C)CC1. The molecule has 2 aromatic heterocycles. The molecule has 1 saturated carbocycles. The Morgan fingerprint density at radius 1 is 1.12 bits per heavy atom. The number of nitrogens with zero attached hydrogens (tertiary/aromatic N) is 4. The average Bonchev–Trinajstić information content (AvgIpc) is 3.30. The van der Waals surface area contributed by atoms with E-state index in [1.54, 1.807) is 6.20 Å². The van der Waals surface area contributed by atoms with Crippen LogP contribution in [0.5, 0.6) is 0 Å². The predicted molar refractivity (Wildman–Crippen MR) is 135 cm³/mol. The maximum Gasteiger partial charge on any atom is 0.251 e. The Hall–Kier alpha value is -2.86. The van der Waals surface area contributed by atoms with Gasteiger partial charge in [-0.25, -0.2) is 4.98 Å². The normalized spacial score (nSPS) is 18.6. The van der Waals surface area contributed by atoms with E-state index in [9.17, 15) is 4.79 Å². The summed E-state index contributed by atoms with van der Waals surface area (Å²) in [5.41, 5.74) is 6.04. The second-order valence-electron chi connectivity index (χ2n) is 9.54. The number of fused-ring (bicyclic) bond motifs is 1. The Labute approximate surface area is 197 Å². The Morgan fingerprint density at radius 3 is 2.55 bits per heavy atom. The largest absolute Gasteiger partial charge is 0.369 e. The Bertz CT molecular complexity index is 1110. The second-order valence-corrected chi connectivity index (χ2v) is 9.54. The van der Waals surface area contributed by atoms with Gasteiger partial charge in [0.2, 0.25) is 0 Å². The molecule has 1 amide bonds. The maximum absolute atomic E-state index is 13.3. The quantitative estimate of drug-likeness (QED) is 0.576. The van der Waals surface area contributed by atoms with E-state index in [0.717, 1.165) is 34.4 Å². The lowest BCUT2D eigenvalue weighted by molar-refractivity contribution is 0.0950. The number of aromatic nitrogens is 2. The lowest BCUT2D eigenvalue weighted by Crippen LogP contribution is -2.42. The molecule has 1 aliphatic rings. The molecule has 2 heterocycles. The molecule has 0 radical (unpaired) electrons. The van der Waals surface area contributed by atoms with E-state index in [-0.39, 0.29) is 5.91 Å². The molecule has 0 unspecified atom stereocenters. The Morgan fingerprint density at radius 2 is 1.85 bits per heavy atom. The molecule has 1 N–H and O–H groups in total. The molecule has 1 aromatic carbocycles. The van der Waals surface area contributed by atoms with Crippen molar-refractivity contribution in [1.82, 2.24) is 19.6 Å². The third-order valence-electron chi connectivity index (χ3n) is 7.20. The minimum absolute atomic E-state index is 0.0293. The van der Waals surface area contributed by atoms with Crippen molar-refractivity contribution < 1.29 is 4.79 Å². The fourth-order valence-electron chi connectivity index (χ4n) is 5.30. The van der Waals surface area contributed by atoms with Gasteiger partial charge in [0, 0.05) is 60.6 Å². The number of hydrogen-bond acceptors (Lipinski definition) is 4. The Kier molecular flexibility index (Phi) is 7.03. The zero-order valence-electron chi connectivity index (χ0n) is 20.6. The van der Waals surface area contributed by atoms with Gasteiger partial charge in [0.15, 0.2) is 0 Å². The second kappa shape index (κ2) is 9.96. The summed E-state index contributed by atoms with van der Waals surface area (Å²) in [7, 11) is 4.37. The van der Waals surface area contributed by atoms with Crippen LogP contribution in [-0.2, 0) is 6.54 Å². The van der Waals surface area contributed by atoms with Gasteiger partial charge in [-0.2, -0.15) is 0 Å². The zero-order valence-corrected chi connectivity index (χ0v) is 20.6.